The fourth-order valence-electron chi connectivity index (χ4n) is 3.04. The fraction of sp³-hybridized carbons (Fsp3) is 0.647. The zero-order valence-corrected chi connectivity index (χ0v) is 11.7. The molecule has 1 fully saturated rings. The standard InChI is InChI=1S/C17H27N/c1-2-17(15-11-7-6-8-12-15)18-16-13-9-4-3-5-10-14-16/h6-8,11-12,16-18H,2-5,9-10,13-14H2,1H3. The van der Waals surface area contributed by atoms with Crippen LogP contribution < -0.4 is 5.32 Å². The van der Waals surface area contributed by atoms with Gasteiger partial charge in [-0.25, -0.2) is 0 Å². The highest BCUT2D eigenvalue weighted by molar-refractivity contribution is 5.18. The highest BCUT2D eigenvalue weighted by atomic mass is 14.9. The monoisotopic (exact) mass is 245 g/mol. The van der Waals surface area contributed by atoms with Crippen LogP contribution in [0.4, 0.5) is 0 Å². The second-order valence-electron chi connectivity index (χ2n) is 5.58. The van der Waals surface area contributed by atoms with E-state index in [0.717, 1.165) is 6.04 Å². The molecule has 1 N–H and O–H groups in total. The Kier molecular flexibility index (Phi) is 5.73. The normalized spacial score (nSPS) is 20.1. The SMILES string of the molecule is CCC(NC1CCCCCCC1)c1ccccc1. The molecule has 1 aromatic carbocycles. The van der Waals surface area contributed by atoms with Gasteiger partial charge in [0.2, 0.25) is 0 Å². The van der Waals surface area contributed by atoms with Crippen molar-refractivity contribution in [2.24, 2.45) is 0 Å². The van der Waals surface area contributed by atoms with Gasteiger partial charge < -0.3 is 5.32 Å². The van der Waals surface area contributed by atoms with Gasteiger partial charge in [-0.2, -0.15) is 0 Å². The van der Waals surface area contributed by atoms with Crippen LogP contribution in [0.15, 0.2) is 30.3 Å². The van der Waals surface area contributed by atoms with Crippen molar-refractivity contribution in [2.75, 3.05) is 0 Å². The van der Waals surface area contributed by atoms with Crippen molar-refractivity contribution in [1.29, 1.82) is 0 Å². The van der Waals surface area contributed by atoms with Gasteiger partial charge in [-0.05, 0) is 24.8 Å². The molecule has 0 aromatic heterocycles. The summed E-state index contributed by atoms with van der Waals surface area (Å²) in [5, 5.41) is 3.89. The van der Waals surface area contributed by atoms with E-state index in [4.69, 9.17) is 0 Å². The molecule has 1 saturated carbocycles. The van der Waals surface area contributed by atoms with Gasteiger partial charge in [-0.1, -0.05) is 69.4 Å². The lowest BCUT2D eigenvalue weighted by molar-refractivity contribution is 0.349. The minimum atomic E-state index is 0.538. The maximum atomic E-state index is 3.89. The van der Waals surface area contributed by atoms with Crippen LogP contribution in [0.3, 0.4) is 0 Å². The van der Waals surface area contributed by atoms with Gasteiger partial charge in [-0.3, -0.25) is 0 Å². The Morgan fingerprint density at radius 1 is 1.00 bits per heavy atom. The third-order valence-corrected chi connectivity index (χ3v) is 4.15. The number of nitrogens with one attached hydrogen (secondary N) is 1. The maximum Gasteiger partial charge on any atom is 0.0320 e. The summed E-state index contributed by atoms with van der Waals surface area (Å²) in [5.41, 5.74) is 1.45. The van der Waals surface area contributed by atoms with Crippen molar-refractivity contribution in [3.05, 3.63) is 35.9 Å². The van der Waals surface area contributed by atoms with Crippen LogP contribution in [-0.4, -0.2) is 6.04 Å². The summed E-state index contributed by atoms with van der Waals surface area (Å²) in [5.74, 6) is 0. The summed E-state index contributed by atoms with van der Waals surface area (Å²) in [6, 6.07) is 12.2. The van der Waals surface area contributed by atoms with E-state index in [1.807, 2.05) is 0 Å². The molecule has 0 radical (unpaired) electrons. The predicted molar refractivity (Wildman–Crippen MR) is 78.7 cm³/mol. The molecule has 1 aliphatic rings. The van der Waals surface area contributed by atoms with E-state index < -0.39 is 0 Å². The number of hydrogen-bond donors (Lipinski definition) is 1. The van der Waals surface area contributed by atoms with Gasteiger partial charge >= 0.3 is 0 Å². The van der Waals surface area contributed by atoms with E-state index >= 15 is 0 Å². The molecule has 0 spiro atoms. The van der Waals surface area contributed by atoms with E-state index in [-0.39, 0.29) is 0 Å². The highest BCUT2D eigenvalue weighted by Gasteiger charge is 2.16. The average Bonchev–Trinajstić information content (AvgIpc) is 2.39. The molecule has 100 valence electrons. The van der Waals surface area contributed by atoms with Gasteiger partial charge in [0, 0.05) is 12.1 Å². The molecule has 2 rings (SSSR count). The summed E-state index contributed by atoms with van der Waals surface area (Å²) >= 11 is 0. The van der Waals surface area contributed by atoms with Crippen LogP contribution >= 0.6 is 0 Å². The minimum absolute atomic E-state index is 0.538. The fourth-order valence-corrected chi connectivity index (χ4v) is 3.04. The molecular weight excluding hydrogens is 218 g/mol. The van der Waals surface area contributed by atoms with Crippen molar-refractivity contribution >= 4 is 0 Å². The molecule has 0 saturated heterocycles. The van der Waals surface area contributed by atoms with Gasteiger partial charge in [0.05, 0.1) is 0 Å². The second-order valence-corrected chi connectivity index (χ2v) is 5.58. The molecule has 1 aromatic rings. The van der Waals surface area contributed by atoms with E-state index in [2.05, 4.69) is 42.6 Å². The maximum absolute atomic E-state index is 3.89. The molecule has 0 bridgehead atoms. The predicted octanol–water partition coefficient (Wildman–Crippen LogP) is 4.84. The summed E-state index contributed by atoms with van der Waals surface area (Å²) in [4.78, 5) is 0. The van der Waals surface area contributed by atoms with Crippen molar-refractivity contribution in [2.45, 2.75) is 70.4 Å². The zero-order chi connectivity index (χ0) is 12.6. The molecule has 1 unspecified atom stereocenters. The van der Waals surface area contributed by atoms with Crippen molar-refractivity contribution in [3.63, 3.8) is 0 Å². The molecular formula is C17H27N. The Balaban J connectivity index is 1.92. The molecule has 0 aliphatic heterocycles. The van der Waals surface area contributed by atoms with Crippen LogP contribution in [0.2, 0.25) is 0 Å². The molecule has 18 heavy (non-hydrogen) atoms. The Bertz CT molecular complexity index is 312. The molecule has 0 amide bonds. The van der Waals surface area contributed by atoms with Crippen LogP contribution in [0.1, 0.15) is 69.9 Å². The van der Waals surface area contributed by atoms with Gasteiger partial charge in [0.1, 0.15) is 0 Å². The Labute approximate surface area is 112 Å². The van der Waals surface area contributed by atoms with Crippen molar-refractivity contribution in [3.8, 4) is 0 Å². The summed E-state index contributed by atoms with van der Waals surface area (Å²) in [6.45, 7) is 2.29. The summed E-state index contributed by atoms with van der Waals surface area (Å²) in [6.07, 6.45) is 11.0. The van der Waals surface area contributed by atoms with Crippen LogP contribution in [0, 0.1) is 0 Å². The van der Waals surface area contributed by atoms with E-state index in [0.29, 0.717) is 6.04 Å². The smallest absolute Gasteiger partial charge is 0.0320 e. The molecule has 1 nitrogen and oxygen atoms in total. The van der Waals surface area contributed by atoms with Crippen molar-refractivity contribution < 1.29 is 0 Å². The third kappa shape index (κ3) is 4.13. The lowest BCUT2D eigenvalue weighted by Gasteiger charge is -2.27. The molecule has 1 heteroatoms. The van der Waals surface area contributed by atoms with Gasteiger partial charge in [0.15, 0.2) is 0 Å². The van der Waals surface area contributed by atoms with E-state index in [9.17, 15) is 0 Å². The Morgan fingerprint density at radius 3 is 2.22 bits per heavy atom. The third-order valence-electron chi connectivity index (χ3n) is 4.15. The summed E-state index contributed by atoms with van der Waals surface area (Å²) < 4.78 is 0. The molecule has 1 aliphatic carbocycles. The van der Waals surface area contributed by atoms with Crippen molar-refractivity contribution in [1.82, 2.24) is 5.32 Å². The first-order valence-electron chi connectivity index (χ1n) is 7.71. The second kappa shape index (κ2) is 7.58. The van der Waals surface area contributed by atoms with Crippen LogP contribution in [-0.2, 0) is 0 Å². The van der Waals surface area contributed by atoms with E-state index in [1.54, 1.807) is 0 Å². The first-order valence-corrected chi connectivity index (χ1v) is 7.71. The zero-order valence-electron chi connectivity index (χ0n) is 11.7. The van der Waals surface area contributed by atoms with Crippen LogP contribution in [0.5, 0.6) is 0 Å². The first kappa shape index (κ1) is 13.6. The number of benzene rings is 1. The molecule has 0 heterocycles. The largest absolute Gasteiger partial charge is 0.307 e. The van der Waals surface area contributed by atoms with Crippen LogP contribution in [0.25, 0.3) is 0 Å². The quantitative estimate of drug-likeness (QED) is 0.800. The topological polar surface area (TPSA) is 12.0 Å². The summed E-state index contributed by atoms with van der Waals surface area (Å²) in [7, 11) is 0. The van der Waals surface area contributed by atoms with E-state index in [1.165, 1.54) is 56.9 Å². The lowest BCUT2D eigenvalue weighted by Crippen LogP contribution is -2.33. The highest BCUT2D eigenvalue weighted by Crippen LogP contribution is 2.22. The number of rotatable bonds is 4. The Morgan fingerprint density at radius 2 is 1.61 bits per heavy atom. The lowest BCUT2D eigenvalue weighted by atomic mass is 9.94. The van der Waals surface area contributed by atoms with Gasteiger partial charge in [-0.15, -0.1) is 0 Å². The average molecular weight is 245 g/mol. The Hall–Kier alpha value is -0.820. The van der Waals surface area contributed by atoms with Gasteiger partial charge in [0.25, 0.3) is 0 Å². The minimum Gasteiger partial charge on any atom is -0.307 e. The molecule has 1 atom stereocenters. The number of hydrogen-bond acceptors (Lipinski definition) is 1. The first-order chi connectivity index (χ1) is 8.90.